The Morgan fingerprint density at radius 1 is 1.16 bits per heavy atom. The second-order valence-corrected chi connectivity index (χ2v) is 5.13. The maximum atomic E-state index is 11.1. The highest BCUT2D eigenvalue weighted by molar-refractivity contribution is 9.10. The summed E-state index contributed by atoms with van der Waals surface area (Å²) in [6.45, 7) is 0. The molecule has 1 aromatic carbocycles. The van der Waals surface area contributed by atoms with E-state index in [-0.39, 0.29) is 0 Å². The second-order valence-electron chi connectivity index (χ2n) is 4.27. The van der Waals surface area contributed by atoms with Crippen molar-refractivity contribution in [2.24, 2.45) is 0 Å². The topological polar surface area (TPSA) is 34.4 Å². The molecular weight excluding hydrogens is 304 g/mol. The molecule has 0 radical (unpaired) electrons. The van der Waals surface area contributed by atoms with Gasteiger partial charge in [0.25, 0.3) is 0 Å². The van der Waals surface area contributed by atoms with Gasteiger partial charge in [-0.15, -0.1) is 0 Å². The minimum absolute atomic E-state index is 0.622. The molecule has 0 aliphatic rings. The van der Waals surface area contributed by atoms with Gasteiger partial charge in [-0.05, 0) is 23.8 Å². The quantitative estimate of drug-likeness (QED) is 0.693. The predicted octanol–water partition coefficient (Wildman–Crippen LogP) is 3.50. The Morgan fingerprint density at radius 2 is 2.00 bits per heavy atom. The molecule has 0 saturated heterocycles. The van der Waals surface area contributed by atoms with Crippen LogP contribution in [0, 0.1) is 0 Å². The first-order valence-corrected chi connectivity index (χ1v) is 6.73. The Balaban J connectivity index is 2.11. The van der Waals surface area contributed by atoms with E-state index in [1.165, 1.54) is 0 Å². The zero-order chi connectivity index (χ0) is 13.2. The first kappa shape index (κ1) is 12.1. The molecule has 0 unspecified atom stereocenters. The van der Waals surface area contributed by atoms with Crippen LogP contribution in [0.25, 0.3) is 5.52 Å². The normalized spacial score (nSPS) is 10.8. The summed E-state index contributed by atoms with van der Waals surface area (Å²) in [6.07, 6.45) is 3.33. The Morgan fingerprint density at radius 3 is 2.79 bits per heavy atom. The van der Waals surface area contributed by atoms with Crippen LogP contribution in [-0.2, 0) is 6.42 Å². The fourth-order valence-corrected chi connectivity index (χ4v) is 2.59. The Kier molecular flexibility index (Phi) is 3.17. The maximum Gasteiger partial charge on any atom is 0.166 e. The van der Waals surface area contributed by atoms with Crippen LogP contribution in [0.1, 0.15) is 21.9 Å². The Labute approximate surface area is 119 Å². The van der Waals surface area contributed by atoms with Crippen molar-refractivity contribution >= 4 is 27.7 Å². The molecule has 3 aromatic rings. The molecule has 3 nitrogen and oxygen atoms in total. The number of imidazole rings is 1. The fourth-order valence-electron chi connectivity index (χ4n) is 2.17. The number of fused-ring (bicyclic) bond motifs is 1. The van der Waals surface area contributed by atoms with Crippen molar-refractivity contribution in [1.29, 1.82) is 0 Å². The minimum atomic E-state index is 0.622. The molecule has 94 valence electrons. The van der Waals surface area contributed by atoms with Gasteiger partial charge < -0.3 is 0 Å². The van der Waals surface area contributed by atoms with Gasteiger partial charge in [0.1, 0.15) is 5.82 Å². The van der Waals surface area contributed by atoms with Gasteiger partial charge in [0.2, 0.25) is 0 Å². The number of aldehydes is 1. The van der Waals surface area contributed by atoms with Crippen LogP contribution in [0.2, 0.25) is 0 Å². The number of rotatable bonds is 3. The van der Waals surface area contributed by atoms with E-state index in [2.05, 4.69) is 27.0 Å². The molecule has 0 atom stereocenters. The lowest BCUT2D eigenvalue weighted by atomic mass is 10.1. The van der Waals surface area contributed by atoms with Gasteiger partial charge in [-0.3, -0.25) is 9.20 Å². The summed E-state index contributed by atoms with van der Waals surface area (Å²) in [4.78, 5) is 15.6. The van der Waals surface area contributed by atoms with Gasteiger partial charge in [-0.25, -0.2) is 4.98 Å². The maximum absolute atomic E-state index is 11.1. The zero-order valence-electron chi connectivity index (χ0n) is 10.1. The number of aromatic nitrogens is 2. The summed E-state index contributed by atoms with van der Waals surface area (Å²) >= 11 is 3.54. The van der Waals surface area contributed by atoms with Crippen molar-refractivity contribution in [2.45, 2.75) is 6.42 Å². The van der Waals surface area contributed by atoms with Crippen LogP contribution in [0.15, 0.2) is 53.1 Å². The van der Waals surface area contributed by atoms with Crippen LogP contribution in [0.3, 0.4) is 0 Å². The van der Waals surface area contributed by atoms with E-state index < -0.39 is 0 Å². The van der Waals surface area contributed by atoms with E-state index in [4.69, 9.17) is 0 Å². The van der Waals surface area contributed by atoms with Gasteiger partial charge >= 0.3 is 0 Å². The van der Waals surface area contributed by atoms with Crippen molar-refractivity contribution in [3.63, 3.8) is 0 Å². The first-order chi connectivity index (χ1) is 9.29. The molecule has 0 spiro atoms. The molecule has 0 fully saturated rings. The summed E-state index contributed by atoms with van der Waals surface area (Å²) in [5, 5.41) is 0. The molecule has 4 heteroatoms. The van der Waals surface area contributed by atoms with Crippen LogP contribution >= 0.6 is 15.9 Å². The zero-order valence-corrected chi connectivity index (χ0v) is 11.7. The summed E-state index contributed by atoms with van der Waals surface area (Å²) in [7, 11) is 0. The summed E-state index contributed by atoms with van der Waals surface area (Å²) in [6, 6.07) is 13.6. The number of hydrogen-bond acceptors (Lipinski definition) is 2. The average Bonchev–Trinajstić information content (AvgIpc) is 2.85. The average molecular weight is 315 g/mol. The first-order valence-electron chi connectivity index (χ1n) is 5.93. The molecule has 0 aliphatic heterocycles. The minimum Gasteiger partial charge on any atom is -0.296 e. The number of pyridine rings is 1. The second kappa shape index (κ2) is 4.97. The van der Waals surface area contributed by atoms with Crippen molar-refractivity contribution < 1.29 is 4.79 Å². The highest BCUT2D eigenvalue weighted by Crippen LogP contribution is 2.20. The third-order valence-corrected chi connectivity index (χ3v) is 3.86. The molecule has 2 heterocycles. The molecule has 0 saturated carbocycles. The summed E-state index contributed by atoms with van der Waals surface area (Å²) < 4.78 is 2.95. The smallest absolute Gasteiger partial charge is 0.166 e. The van der Waals surface area contributed by atoms with E-state index in [0.29, 0.717) is 12.1 Å². The van der Waals surface area contributed by atoms with Crippen molar-refractivity contribution in [3.05, 3.63) is 70.2 Å². The van der Waals surface area contributed by atoms with E-state index >= 15 is 0 Å². The van der Waals surface area contributed by atoms with Crippen molar-refractivity contribution in [3.8, 4) is 0 Å². The number of halogens is 1. The van der Waals surface area contributed by atoms with Gasteiger partial charge in [0.15, 0.2) is 6.29 Å². The standard InChI is InChI=1S/C15H11BrN2O/c16-14-7-2-1-4-11(14)8-15-17-9-12-5-3-6-13(10-19)18(12)15/h1-7,9-10H,8H2. The van der Waals surface area contributed by atoms with Gasteiger partial charge in [-0.1, -0.05) is 40.2 Å². The predicted molar refractivity (Wildman–Crippen MR) is 77.5 cm³/mol. The highest BCUT2D eigenvalue weighted by atomic mass is 79.9. The molecule has 19 heavy (non-hydrogen) atoms. The van der Waals surface area contributed by atoms with E-state index in [9.17, 15) is 4.79 Å². The van der Waals surface area contributed by atoms with E-state index in [1.54, 1.807) is 12.3 Å². The molecule has 0 aliphatic carbocycles. The number of carbonyl (C=O) groups excluding carboxylic acids is 1. The van der Waals surface area contributed by atoms with Crippen molar-refractivity contribution in [1.82, 2.24) is 9.38 Å². The Hall–Kier alpha value is -1.94. The Bertz CT molecular complexity index is 749. The van der Waals surface area contributed by atoms with Crippen LogP contribution in [0.4, 0.5) is 0 Å². The van der Waals surface area contributed by atoms with Gasteiger partial charge in [0.05, 0.1) is 17.4 Å². The van der Waals surface area contributed by atoms with E-state index in [0.717, 1.165) is 27.7 Å². The van der Waals surface area contributed by atoms with Crippen LogP contribution in [-0.4, -0.2) is 15.7 Å². The van der Waals surface area contributed by atoms with Gasteiger partial charge in [0, 0.05) is 10.9 Å². The van der Waals surface area contributed by atoms with Crippen LogP contribution < -0.4 is 0 Å². The lowest BCUT2D eigenvalue weighted by Crippen LogP contribution is -2.02. The third-order valence-electron chi connectivity index (χ3n) is 3.08. The summed E-state index contributed by atoms with van der Waals surface area (Å²) in [5.41, 5.74) is 2.71. The molecule has 2 aromatic heterocycles. The molecule has 0 bridgehead atoms. The largest absolute Gasteiger partial charge is 0.296 e. The highest BCUT2D eigenvalue weighted by Gasteiger charge is 2.09. The van der Waals surface area contributed by atoms with Crippen LogP contribution in [0.5, 0.6) is 0 Å². The monoisotopic (exact) mass is 314 g/mol. The number of hydrogen-bond donors (Lipinski definition) is 0. The third kappa shape index (κ3) is 2.19. The lowest BCUT2D eigenvalue weighted by molar-refractivity contribution is 0.111. The van der Waals surface area contributed by atoms with Gasteiger partial charge in [-0.2, -0.15) is 0 Å². The molecule has 0 N–H and O–H groups in total. The van der Waals surface area contributed by atoms with E-state index in [1.807, 2.05) is 34.7 Å². The number of nitrogens with zero attached hydrogens (tertiary/aromatic N) is 2. The fraction of sp³-hybridized carbons (Fsp3) is 0.0667. The van der Waals surface area contributed by atoms with Crippen molar-refractivity contribution in [2.75, 3.05) is 0 Å². The SMILES string of the molecule is O=Cc1cccc2cnc(Cc3ccccc3Br)n12. The molecule has 0 amide bonds. The number of benzene rings is 1. The number of carbonyl (C=O) groups is 1. The lowest BCUT2D eigenvalue weighted by Gasteiger charge is -2.06. The summed E-state index contributed by atoms with van der Waals surface area (Å²) in [5.74, 6) is 0.865. The molecular formula is C15H11BrN2O. The molecule has 3 rings (SSSR count).